The summed E-state index contributed by atoms with van der Waals surface area (Å²) in [5.41, 5.74) is 0.608. The van der Waals surface area contributed by atoms with Crippen molar-refractivity contribution in [3.8, 4) is 11.5 Å². The van der Waals surface area contributed by atoms with Crippen LogP contribution in [0, 0.1) is 6.42 Å². The van der Waals surface area contributed by atoms with E-state index in [1.54, 1.807) is 25.1 Å². The second-order valence-electron chi connectivity index (χ2n) is 3.76. The second kappa shape index (κ2) is 7.41. The van der Waals surface area contributed by atoms with Crippen LogP contribution in [0.4, 0.5) is 0 Å². The number of carbonyl (C=O) groups excluding carboxylic acids is 2. The van der Waals surface area contributed by atoms with Crippen LogP contribution in [0.2, 0.25) is 0 Å². The van der Waals surface area contributed by atoms with Gasteiger partial charge in [0.25, 0.3) is 0 Å². The van der Waals surface area contributed by atoms with E-state index >= 15 is 0 Å². The first-order chi connectivity index (χ1) is 9.10. The molecule has 0 bridgehead atoms. The van der Waals surface area contributed by atoms with Gasteiger partial charge in [-0.15, -0.1) is 0 Å². The Kier molecular flexibility index (Phi) is 5.85. The first-order valence-corrected chi connectivity index (χ1v) is 5.89. The summed E-state index contributed by atoms with van der Waals surface area (Å²) in [5.74, 6) is -0.102. The maximum Gasteiger partial charge on any atom is 0.318 e. The van der Waals surface area contributed by atoms with Gasteiger partial charge in [0.1, 0.15) is 11.5 Å². The molecule has 0 aliphatic heterocycles. The minimum absolute atomic E-state index is 0.0519. The maximum atomic E-state index is 11.6. The normalized spacial score (nSPS) is 9.84. The van der Waals surface area contributed by atoms with Gasteiger partial charge in [-0.1, -0.05) is 6.92 Å². The Morgan fingerprint density at radius 2 is 1.95 bits per heavy atom. The van der Waals surface area contributed by atoms with E-state index in [9.17, 15) is 9.59 Å². The van der Waals surface area contributed by atoms with Gasteiger partial charge in [0, 0.05) is 5.56 Å². The van der Waals surface area contributed by atoms with Gasteiger partial charge in [-0.25, -0.2) is 0 Å². The number of benzene rings is 1. The minimum Gasteiger partial charge on any atom is -0.497 e. The number of hydrogen-bond donors (Lipinski definition) is 0. The molecule has 0 unspecified atom stereocenters. The van der Waals surface area contributed by atoms with E-state index in [2.05, 4.69) is 4.74 Å². The molecule has 0 spiro atoms. The molecule has 0 heterocycles. The molecule has 1 aromatic carbocycles. The lowest BCUT2D eigenvalue weighted by molar-refractivity contribution is -0.156. The SMILES string of the molecule is CC[CH]C(=O)OC(=O)Cc1cc(OC)ccc1OC. The highest BCUT2D eigenvalue weighted by molar-refractivity contribution is 5.91. The standard InChI is InChI=1S/C14H17O5/c1-4-5-13(15)19-14(16)9-10-8-11(17-2)6-7-12(10)18-3/h5-8H,4,9H2,1-3H3. The van der Waals surface area contributed by atoms with Crippen LogP contribution in [0.1, 0.15) is 18.9 Å². The number of ether oxygens (including phenoxy) is 3. The number of esters is 2. The average Bonchev–Trinajstić information content (AvgIpc) is 2.38. The van der Waals surface area contributed by atoms with Crippen LogP contribution in [0.5, 0.6) is 11.5 Å². The van der Waals surface area contributed by atoms with Crippen LogP contribution < -0.4 is 9.47 Å². The first-order valence-electron chi connectivity index (χ1n) is 5.89. The smallest absolute Gasteiger partial charge is 0.318 e. The van der Waals surface area contributed by atoms with E-state index in [-0.39, 0.29) is 6.42 Å². The molecule has 0 amide bonds. The summed E-state index contributed by atoms with van der Waals surface area (Å²) in [6.07, 6.45) is 1.78. The summed E-state index contributed by atoms with van der Waals surface area (Å²) in [4.78, 5) is 22.8. The molecule has 0 N–H and O–H groups in total. The van der Waals surface area contributed by atoms with Gasteiger partial charge >= 0.3 is 11.9 Å². The zero-order chi connectivity index (χ0) is 14.3. The Balaban J connectivity index is 2.74. The van der Waals surface area contributed by atoms with Gasteiger partial charge in [0.15, 0.2) is 0 Å². The van der Waals surface area contributed by atoms with Crippen molar-refractivity contribution >= 4 is 11.9 Å². The number of carbonyl (C=O) groups is 2. The predicted molar refractivity (Wildman–Crippen MR) is 68.9 cm³/mol. The van der Waals surface area contributed by atoms with Crippen LogP contribution in [0.15, 0.2) is 18.2 Å². The molecule has 103 valence electrons. The van der Waals surface area contributed by atoms with E-state index in [1.165, 1.54) is 20.6 Å². The van der Waals surface area contributed by atoms with Crippen molar-refractivity contribution in [3.63, 3.8) is 0 Å². The molecule has 1 rings (SSSR count). The third-order valence-corrected chi connectivity index (χ3v) is 2.41. The van der Waals surface area contributed by atoms with E-state index in [4.69, 9.17) is 9.47 Å². The monoisotopic (exact) mass is 265 g/mol. The Bertz CT molecular complexity index is 453. The summed E-state index contributed by atoms with van der Waals surface area (Å²) in [5, 5.41) is 0. The van der Waals surface area contributed by atoms with Crippen molar-refractivity contribution in [2.75, 3.05) is 14.2 Å². The summed E-state index contributed by atoms with van der Waals surface area (Å²) in [7, 11) is 3.04. The second-order valence-corrected chi connectivity index (χ2v) is 3.76. The fourth-order valence-electron chi connectivity index (χ4n) is 1.53. The lowest BCUT2D eigenvalue weighted by Crippen LogP contribution is -2.15. The van der Waals surface area contributed by atoms with Crippen molar-refractivity contribution in [2.24, 2.45) is 0 Å². The molecule has 0 aromatic heterocycles. The number of rotatable bonds is 6. The molecule has 19 heavy (non-hydrogen) atoms. The fraction of sp³-hybridized carbons (Fsp3) is 0.357. The molecule has 5 nitrogen and oxygen atoms in total. The quantitative estimate of drug-likeness (QED) is 0.581. The molecule has 0 saturated carbocycles. The summed E-state index contributed by atoms with van der Waals surface area (Å²) in [6, 6.07) is 5.10. The van der Waals surface area contributed by atoms with Crippen molar-refractivity contribution in [3.05, 3.63) is 30.2 Å². The van der Waals surface area contributed by atoms with E-state index in [0.29, 0.717) is 23.5 Å². The molecule has 0 aliphatic rings. The molecule has 0 aliphatic carbocycles. The fourth-order valence-corrected chi connectivity index (χ4v) is 1.53. The Hall–Kier alpha value is -2.04. The van der Waals surface area contributed by atoms with Crippen molar-refractivity contribution in [1.82, 2.24) is 0 Å². The third kappa shape index (κ3) is 4.62. The third-order valence-electron chi connectivity index (χ3n) is 2.41. The summed E-state index contributed by atoms with van der Waals surface area (Å²) < 4.78 is 14.9. The zero-order valence-corrected chi connectivity index (χ0v) is 11.3. The van der Waals surface area contributed by atoms with Crippen LogP contribution in [0.25, 0.3) is 0 Å². The molecule has 0 saturated heterocycles. The van der Waals surface area contributed by atoms with Crippen LogP contribution in [0.3, 0.4) is 0 Å². The van der Waals surface area contributed by atoms with Gasteiger partial charge in [-0.2, -0.15) is 0 Å². The van der Waals surface area contributed by atoms with Gasteiger partial charge in [-0.05, 0) is 24.6 Å². The zero-order valence-electron chi connectivity index (χ0n) is 11.3. The molecule has 1 aromatic rings. The largest absolute Gasteiger partial charge is 0.497 e. The number of methoxy groups -OCH3 is 2. The topological polar surface area (TPSA) is 61.8 Å². The van der Waals surface area contributed by atoms with E-state index in [0.717, 1.165) is 0 Å². The highest BCUT2D eigenvalue weighted by Crippen LogP contribution is 2.24. The van der Waals surface area contributed by atoms with Gasteiger partial charge < -0.3 is 14.2 Å². The summed E-state index contributed by atoms with van der Waals surface area (Å²) in [6.45, 7) is 1.79. The van der Waals surface area contributed by atoms with E-state index in [1.807, 2.05) is 0 Å². The molecule has 0 fully saturated rings. The average molecular weight is 265 g/mol. The maximum absolute atomic E-state index is 11.6. The Labute approximate surface area is 112 Å². The van der Waals surface area contributed by atoms with Crippen molar-refractivity contribution in [1.29, 1.82) is 0 Å². The molecular weight excluding hydrogens is 248 g/mol. The number of hydrogen-bond acceptors (Lipinski definition) is 5. The van der Waals surface area contributed by atoms with Gasteiger partial charge in [-0.3, -0.25) is 9.59 Å². The molecule has 5 heteroatoms. The lowest BCUT2D eigenvalue weighted by Gasteiger charge is -2.09. The molecule has 1 radical (unpaired) electrons. The van der Waals surface area contributed by atoms with Crippen molar-refractivity contribution in [2.45, 2.75) is 19.8 Å². The first kappa shape index (κ1) is 15.0. The molecular formula is C14H17O5. The lowest BCUT2D eigenvalue weighted by atomic mass is 10.1. The highest BCUT2D eigenvalue weighted by atomic mass is 16.6. The Morgan fingerprint density at radius 3 is 2.53 bits per heavy atom. The van der Waals surface area contributed by atoms with Gasteiger partial charge in [0.2, 0.25) is 0 Å². The minimum atomic E-state index is -0.630. The van der Waals surface area contributed by atoms with Crippen LogP contribution in [-0.2, 0) is 20.7 Å². The van der Waals surface area contributed by atoms with E-state index < -0.39 is 11.9 Å². The van der Waals surface area contributed by atoms with Gasteiger partial charge in [0.05, 0.1) is 27.1 Å². The van der Waals surface area contributed by atoms with Crippen LogP contribution in [-0.4, -0.2) is 26.2 Å². The predicted octanol–water partition coefficient (Wildman–Crippen LogP) is 1.93. The van der Waals surface area contributed by atoms with Crippen LogP contribution >= 0.6 is 0 Å². The van der Waals surface area contributed by atoms with Crippen molar-refractivity contribution < 1.29 is 23.8 Å². The highest BCUT2D eigenvalue weighted by Gasteiger charge is 2.14. The Morgan fingerprint density at radius 1 is 1.21 bits per heavy atom. The molecule has 0 atom stereocenters. The summed E-state index contributed by atoms with van der Waals surface area (Å²) >= 11 is 0.